The second-order valence-corrected chi connectivity index (χ2v) is 10.2. The van der Waals surface area contributed by atoms with Crippen molar-refractivity contribution in [1.29, 1.82) is 0 Å². The number of imidazole rings is 1. The minimum Gasteiger partial charge on any atom is -0.487 e. The first-order valence-electron chi connectivity index (χ1n) is 13.0. The fraction of sp³-hybridized carbons (Fsp3) is 0.250. The maximum absolute atomic E-state index is 12.7. The Labute approximate surface area is 227 Å². The standard InChI is InChI=1S/C32H31N3O4/c1-4-38-31(37)32(2,3)18-30-34-28-17-26(39-21-25-14-13-24-7-5-6-8-27(24)33-25)15-16-29(28)35(30)19-22-9-11-23(20-36)12-10-22/h5-17,20H,4,18-19,21H2,1-3H3. The Hall–Kier alpha value is -4.52. The minimum absolute atomic E-state index is 0.258. The Kier molecular flexibility index (Phi) is 7.41. The van der Waals surface area contributed by atoms with E-state index >= 15 is 0 Å². The first kappa shape index (κ1) is 26.1. The summed E-state index contributed by atoms with van der Waals surface area (Å²) in [5.74, 6) is 1.20. The number of ether oxygens (including phenoxy) is 2. The van der Waals surface area contributed by atoms with E-state index < -0.39 is 5.41 Å². The van der Waals surface area contributed by atoms with Gasteiger partial charge in [-0.05, 0) is 50.6 Å². The monoisotopic (exact) mass is 521 g/mol. The van der Waals surface area contributed by atoms with Gasteiger partial charge in [-0.3, -0.25) is 9.59 Å². The summed E-state index contributed by atoms with van der Waals surface area (Å²) < 4.78 is 13.5. The lowest BCUT2D eigenvalue weighted by Crippen LogP contribution is -2.30. The molecule has 0 aliphatic heterocycles. The van der Waals surface area contributed by atoms with Gasteiger partial charge in [-0.15, -0.1) is 0 Å². The lowest BCUT2D eigenvalue weighted by Gasteiger charge is -2.22. The number of carbonyl (C=O) groups excluding carboxylic acids is 2. The first-order valence-corrected chi connectivity index (χ1v) is 13.0. The summed E-state index contributed by atoms with van der Waals surface area (Å²) in [4.78, 5) is 33.4. The summed E-state index contributed by atoms with van der Waals surface area (Å²) in [6.07, 6.45) is 1.24. The molecule has 0 fully saturated rings. The second kappa shape index (κ2) is 11.1. The number of pyridine rings is 1. The molecule has 7 heteroatoms. The SMILES string of the molecule is CCOC(=O)C(C)(C)Cc1nc2cc(OCc3ccc4ccccc4n3)ccc2n1Cc1ccc(C=O)cc1. The third kappa shape index (κ3) is 5.82. The molecule has 5 rings (SSSR count). The van der Waals surface area contributed by atoms with Gasteiger partial charge in [0.05, 0.1) is 34.3 Å². The van der Waals surface area contributed by atoms with E-state index in [2.05, 4.69) is 4.57 Å². The number of para-hydroxylation sites is 1. The van der Waals surface area contributed by atoms with E-state index in [1.165, 1.54) is 0 Å². The van der Waals surface area contributed by atoms with Crippen LogP contribution in [0.3, 0.4) is 0 Å². The molecular weight excluding hydrogens is 490 g/mol. The summed E-state index contributed by atoms with van der Waals surface area (Å²) in [6.45, 7) is 6.76. The first-order chi connectivity index (χ1) is 18.9. The highest BCUT2D eigenvalue weighted by Crippen LogP contribution is 2.29. The Morgan fingerprint density at radius 2 is 1.74 bits per heavy atom. The van der Waals surface area contributed by atoms with Gasteiger partial charge in [0.2, 0.25) is 0 Å². The molecule has 39 heavy (non-hydrogen) atoms. The lowest BCUT2D eigenvalue weighted by molar-refractivity contribution is -0.153. The van der Waals surface area contributed by atoms with Crippen LogP contribution in [-0.4, -0.2) is 33.4 Å². The fourth-order valence-corrected chi connectivity index (χ4v) is 4.58. The Balaban J connectivity index is 1.44. The van der Waals surface area contributed by atoms with Gasteiger partial charge in [0.25, 0.3) is 0 Å². The summed E-state index contributed by atoms with van der Waals surface area (Å²) in [6, 6.07) is 25.3. The van der Waals surface area contributed by atoms with E-state index in [4.69, 9.17) is 19.4 Å². The maximum Gasteiger partial charge on any atom is 0.311 e. The smallest absolute Gasteiger partial charge is 0.311 e. The van der Waals surface area contributed by atoms with E-state index in [9.17, 15) is 9.59 Å². The normalized spacial score (nSPS) is 11.6. The Morgan fingerprint density at radius 3 is 2.51 bits per heavy atom. The van der Waals surface area contributed by atoms with E-state index in [1.54, 1.807) is 19.1 Å². The minimum atomic E-state index is -0.752. The van der Waals surface area contributed by atoms with Crippen LogP contribution in [0, 0.1) is 5.41 Å². The number of esters is 1. The van der Waals surface area contributed by atoms with Gasteiger partial charge in [0, 0.05) is 30.0 Å². The van der Waals surface area contributed by atoms with Gasteiger partial charge >= 0.3 is 5.97 Å². The van der Waals surface area contributed by atoms with Gasteiger partial charge in [-0.25, -0.2) is 9.97 Å². The van der Waals surface area contributed by atoms with E-state index in [-0.39, 0.29) is 5.97 Å². The van der Waals surface area contributed by atoms with Crippen molar-refractivity contribution >= 4 is 34.2 Å². The number of rotatable bonds is 10. The number of hydrogen-bond acceptors (Lipinski definition) is 6. The highest BCUT2D eigenvalue weighted by Gasteiger charge is 2.32. The molecule has 0 saturated heterocycles. The van der Waals surface area contributed by atoms with E-state index in [0.29, 0.717) is 37.5 Å². The summed E-state index contributed by atoms with van der Waals surface area (Å²) in [5, 5.41) is 1.09. The molecule has 0 radical (unpaired) electrons. The highest BCUT2D eigenvalue weighted by atomic mass is 16.5. The molecule has 198 valence electrons. The number of fused-ring (bicyclic) bond motifs is 2. The summed E-state index contributed by atoms with van der Waals surface area (Å²) in [7, 11) is 0. The molecule has 0 atom stereocenters. The van der Waals surface area contributed by atoms with E-state index in [0.717, 1.165) is 45.3 Å². The average molecular weight is 522 g/mol. The van der Waals surface area contributed by atoms with Crippen LogP contribution < -0.4 is 4.74 Å². The van der Waals surface area contributed by atoms with Crippen molar-refractivity contribution in [2.24, 2.45) is 5.41 Å². The van der Waals surface area contributed by atoms with Crippen molar-refractivity contribution < 1.29 is 19.1 Å². The van der Waals surface area contributed by atoms with Gasteiger partial charge < -0.3 is 14.0 Å². The van der Waals surface area contributed by atoms with Crippen LogP contribution in [0.4, 0.5) is 0 Å². The van der Waals surface area contributed by atoms with Crippen molar-refractivity contribution in [3.05, 3.63) is 102 Å². The van der Waals surface area contributed by atoms with Crippen LogP contribution >= 0.6 is 0 Å². The summed E-state index contributed by atoms with van der Waals surface area (Å²) >= 11 is 0. The zero-order chi connectivity index (χ0) is 27.4. The molecule has 7 nitrogen and oxygen atoms in total. The fourth-order valence-electron chi connectivity index (χ4n) is 4.58. The summed E-state index contributed by atoms with van der Waals surface area (Å²) in [5.41, 5.74) is 4.38. The van der Waals surface area contributed by atoms with Crippen LogP contribution in [0.15, 0.2) is 78.9 Å². The number of hydrogen-bond donors (Lipinski definition) is 0. The van der Waals surface area contributed by atoms with Gasteiger partial charge in [-0.2, -0.15) is 0 Å². The molecule has 0 saturated carbocycles. The Bertz CT molecular complexity index is 1640. The zero-order valence-corrected chi connectivity index (χ0v) is 22.4. The number of benzene rings is 3. The topological polar surface area (TPSA) is 83.3 Å². The molecule has 0 spiro atoms. The van der Waals surface area contributed by atoms with Crippen molar-refractivity contribution in [3.63, 3.8) is 0 Å². The van der Waals surface area contributed by atoms with Crippen LogP contribution in [0.25, 0.3) is 21.9 Å². The second-order valence-electron chi connectivity index (χ2n) is 10.2. The number of nitrogens with zero attached hydrogens (tertiary/aromatic N) is 3. The molecule has 5 aromatic rings. The molecule has 3 aromatic carbocycles. The third-order valence-electron chi connectivity index (χ3n) is 6.73. The van der Waals surface area contributed by atoms with Gasteiger partial charge in [-0.1, -0.05) is 48.5 Å². The average Bonchev–Trinajstić information content (AvgIpc) is 3.27. The van der Waals surface area contributed by atoms with Gasteiger partial charge in [0.15, 0.2) is 0 Å². The van der Waals surface area contributed by atoms with Crippen molar-refractivity contribution in [2.45, 2.75) is 40.3 Å². The largest absolute Gasteiger partial charge is 0.487 e. The molecule has 0 bridgehead atoms. The lowest BCUT2D eigenvalue weighted by atomic mass is 9.89. The third-order valence-corrected chi connectivity index (χ3v) is 6.73. The van der Waals surface area contributed by atoms with Crippen LogP contribution in [0.2, 0.25) is 0 Å². The number of aromatic nitrogens is 3. The van der Waals surface area contributed by atoms with Gasteiger partial charge in [0.1, 0.15) is 24.5 Å². The number of carbonyl (C=O) groups is 2. The van der Waals surface area contributed by atoms with Crippen LogP contribution in [0.1, 0.15) is 48.2 Å². The van der Waals surface area contributed by atoms with Crippen molar-refractivity contribution in [1.82, 2.24) is 14.5 Å². The van der Waals surface area contributed by atoms with Crippen molar-refractivity contribution in [3.8, 4) is 5.75 Å². The molecule has 2 heterocycles. The predicted octanol–water partition coefficient (Wildman–Crippen LogP) is 6.16. The molecule has 0 aliphatic carbocycles. The zero-order valence-electron chi connectivity index (χ0n) is 22.4. The molecule has 0 amide bonds. The highest BCUT2D eigenvalue weighted by molar-refractivity contribution is 5.80. The molecular formula is C32H31N3O4. The quantitative estimate of drug-likeness (QED) is 0.162. The maximum atomic E-state index is 12.7. The van der Waals surface area contributed by atoms with Crippen LogP contribution in [-0.2, 0) is 29.1 Å². The molecule has 0 aliphatic rings. The molecule has 0 unspecified atom stereocenters. The molecule has 0 N–H and O–H groups in total. The van der Waals surface area contributed by atoms with E-state index in [1.807, 2.05) is 80.6 Å². The van der Waals surface area contributed by atoms with Crippen LogP contribution in [0.5, 0.6) is 5.75 Å². The Morgan fingerprint density at radius 1 is 0.949 bits per heavy atom. The van der Waals surface area contributed by atoms with Crippen molar-refractivity contribution in [2.75, 3.05) is 6.61 Å². The molecule has 2 aromatic heterocycles. The number of aldehydes is 1. The predicted molar refractivity (Wildman–Crippen MR) is 151 cm³/mol.